The number of amides is 4. The highest BCUT2D eigenvalue weighted by molar-refractivity contribution is 6.09. The van der Waals surface area contributed by atoms with E-state index < -0.39 is 23.4 Å². The van der Waals surface area contributed by atoms with E-state index in [-0.39, 0.29) is 6.54 Å². The number of nitrogens with zero attached hydrogens (tertiary/aromatic N) is 3. The van der Waals surface area contributed by atoms with E-state index in [9.17, 15) is 14.4 Å². The second kappa shape index (κ2) is 8.30. The molecule has 1 aromatic heterocycles. The number of carbonyl (C=O) groups excluding carboxylic acids is 3. The molecule has 8 nitrogen and oxygen atoms in total. The molecule has 2 N–H and O–H groups in total. The first-order valence-corrected chi connectivity index (χ1v) is 11.2. The van der Waals surface area contributed by atoms with Crippen LogP contribution < -0.4 is 10.6 Å². The van der Waals surface area contributed by atoms with Crippen molar-refractivity contribution in [1.82, 2.24) is 25.1 Å². The Morgan fingerprint density at radius 2 is 1.76 bits per heavy atom. The summed E-state index contributed by atoms with van der Waals surface area (Å²) in [5.74, 6) is 0.0170. The van der Waals surface area contributed by atoms with Crippen LogP contribution in [0.2, 0.25) is 0 Å². The minimum absolute atomic E-state index is 0.336. The summed E-state index contributed by atoms with van der Waals surface area (Å²) in [7, 11) is 0. The van der Waals surface area contributed by atoms with Gasteiger partial charge in [0.1, 0.15) is 17.9 Å². The summed E-state index contributed by atoms with van der Waals surface area (Å²) in [5, 5.41) is 7.60. The quantitative estimate of drug-likeness (QED) is 0.437. The number of nitrogens with one attached hydrogen (secondary N) is 2. The van der Waals surface area contributed by atoms with E-state index in [1.54, 1.807) is 6.92 Å². The lowest BCUT2D eigenvalue weighted by atomic mass is 9.90. The molecule has 0 bridgehead atoms. The van der Waals surface area contributed by atoms with E-state index >= 15 is 0 Å². The molecule has 1 aliphatic rings. The van der Waals surface area contributed by atoms with Gasteiger partial charge in [-0.2, -0.15) is 0 Å². The largest absolute Gasteiger partial charge is 0.353 e. The molecule has 172 valence electrons. The van der Waals surface area contributed by atoms with E-state index in [4.69, 9.17) is 0 Å². The molecular formula is C26H25N5O3. The second-order valence-corrected chi connectivity index (χ2v) is 8.66. The normalized spacial score (nSPS) is 18.0. The second-order valence-electron chi connectivity index (χ2n) is 8.66. The molecule has 4 aromatic rings. The first kappa shape index (κ1) is 21.6. The molecule has 34 heavy (non-hydrogen) atoms. The van der Waals surface area contributed by atoms with Crippen molar-refractivity contribution in [2.75, 3.05) is 13.1 Å². The Bertz CT molecular complexity index is 1440. The fourth-order valence-electron chi connectivity index (χ4n) is 4.52. The highest BCUT2D eigenvalue weighted by Crippen LogP contribution is 2.30. The van der Waals surface area contributed by atoms with Gasteiger partial charge >= 0.3 is 6.03 Å². The molecule has 5 rings (SSSR count). The van der Waals surface area contributed by atoms with Crippen LogP contribution in [0.1, 0.15) is 18.3 Å². The fraction of sp³-hybridized carbons (Fsp3) is 0.231. The molecule has 3 aromatic carbocycles. The van der Waals surface area contributed by atoms with E-state index in [1.165, 1.54) is 0 Å². The molecule has 8 heteroatoms. The average Bonchev–Trinajstić information content (AvgIpc) is 3.27. The predicted molar refractivity (Wildman–Crippen MR) is 129 cm³/mol. The predicted octanol–water partition coefficient (Wildman–Crippen LogP) is 3.08. The van der Waals surface area contributed by atoms with Crippen molar-refractivity contribution in [2.24, 2.45) is 0 Å². The molecule has 1 atom stereocenters. The zero-order valence-corrected chi connectivity index (χ0v) is 19.0. The first-order chi connectivity index (χ1) is 16.4. The van der Waals surface area contributed by atoms with Crippen LogP contribution in [0.5, 0.6) is 0 Å². The van der Waals surface area contributed by atoms with Gasteiger partial charge in [0.25, 0.3) is 5.91 Å². The Morgan fingerprint density at radius 1 is 1.03 bits per heavy atom. The Labute approximate surface area is 196 Å². The average molecular weight is 456 g/mol. The van der Waals surface area contributed by atoms with Gasteiger partial charge in [0.2, 0.25) is 5.91 Å². The zero-order chi connectivity index (χ0) is 23.9. The number of para-hydroxylation sites is 2. The number of aromatic nitrogens is 2. The number of imide groups is 1. The highest BCUT2D eigenvalue weighted by Gasteiger charge is 2.49. The molecule has 0 aliphatic carbocycles. The van der Waals surface area contributed by atoms with Gasteiger partial charge < -0.3 is 15.2 Å². The van der Waals surface area contributed by atoms with Crippen LogP contribution in [0.15, 0.2) is 66.7 Å². The minimum Gasteiger partial charge on any atom is -0.353 e. The number of hydrogen-bond acceptors (Lipinski definition) is 4. The maximum atomic E-state index is 13.2. The Balaban J connectivity index is 1.25. The van der Waals surface area contributed by atoms with Crippen molar-refractivity contribution >= 4 is 39.7 Å². The molecule has 0 spiro atoms. The molecule has 4 amide bonds. The van der Waals surface area contributed by atoms with Crippen molar-refractivity contribution in [1.29, 1.82) is 0 Å². The van der Waals surface area contributed by atoms with Crippen LogP contribution in [0.3, 0.4) is 0 Å². The maximum absolute atomic E-state index is 13.2. The summed E-state index contributed by atoms with van der Waals surface area (Å²) in [6, 6.07) is 20.7. The van der Waals surface area contributed by atoms with Crippen LogP contribution in [0.25, 0.3) is 21.8 Å². The summed E-state index contributed by atoms with van der Waals surface area (Å²) in [6.45, 7) is 4.14. The van der Waals surface area contributed by atoms with E-state index in [2.05, 4.69) is 15.6 Å². The van der Waals surface area contributed by atoms with Gasteiger partial charge in [-0.1, -0.05) is 48.5 Å². The summed E-state index contributed by atoms with van der Waals surface area (Å²) >= 11 is 0. The molecule has 2 heterocycles. The first-order valence-electron chi connectivity index (χ1n) is 11.2. The topological polar surface area (TPSA) is 96.3 Å². The third kappa shape index (κ3) is 3.67. The van der Waals surface area contributed by atoms with Crippen LogP contribution in [0, 0.1) is 6.92 Å². The van der Waals surface area contributed by atoms with Crippen molar-refractivity contribution in [3.8, 4) is 0 Å². The van der Waals surface area contributed by atoms with Crippen molar-refractivity contribution in [3.63, 3.8) is 0 Å². The number of benzene rings is 3. The lowest BCUT2D eigenvalue weighted by Gasteiger charge is -2.22. The Hall–Kier alpha value is -4.20. The molecule has 0 saturated carbocycles. The maximum Gasteiger partial charge on any atom is 0.325 e. The van der Waals surface area contributed by atoms with Gasteiger partial charge in [-0.15, -0.1) is 0 Å². The molecule has 1 aliphatic heterocycles. The molecule has 1 unspecified atom stereocenters. The number of carbonyl (C=O) groups is 3. The lowest BCUT2D eigenvalue weighted by Crippen LogP contribution is -2.43. The smallest absolute Gasteiger partial charge is 0.325 e. The Morgan fingerprint density at radius 3 is 2.59 bits per heavy atom. The van der Waals surface area contributed by atoms with E-state index in [0.29, 0.717) is 18.7 Å². The SMILES string of the molecule is Cc1nc2ccccc2n1CCNC(=O)CN1C(=O)NC(C)(c2ccc3ccccc3c2)C1=O. The van der Waals surface area contributed by atoms with Gasteiger partial charge in [0.05, 0.1) is 11.0 Å². The molecule has 1 saturated heterocycles. The number of urea groups is 1. The van der Waals surface area contributed by atoms with E-state index in [1.807, 2.05) is 78.2 Å². The van der Waals surface area contributed by atoms with E-state index in [0.717, 1.165) is 32.5 Å². The van der Waals surface area contributed by atoms with Gasteiger partial charge in [0, 0.05) is 13.1 Å². The molecule has 1 fully saturated rings. The summed E-state index contributed by atoms with van der Waals surface area (Å²) in [6.07, 6.45) is 0. The van der Waals surface area contributed by atoms with Gasteiger partial charge in [0.15, 0.2) is 0 Å². The van der Waals surface area contributed by atoms with Crippen molar-refractivity contribution in [3.05, 3.63) is 78.1 Å². The van der Waals surface area contributed by atoms with Gasteiger partial charge in [-0.25, -0.2) is 9.78 Å². The zero-order valence-electron chi connectivity index (χ0n) is 19.0. The summed E-state index contributed by atoms with van der Waals surface area (Å²) in [5.41, 5.74) is 1.34. The minimum atomic E-state index is -1.23. The number of fused-ring (bicyclic) bond motifs is 2. The monoisotopic (exact) mass is 455 g/mol. The summed E-state index contributed by atoms with van der Waals surface area (Å²) in [4.78, 5) is 43.9. The van der Waals surface area contributed by atoms with Crippen molar-refractivity contribution < 1.29 is 14.4 Å². The number of rotatable bonds is 6. The molecule has 0 radical (unpaired) electrons. The lowest BCUT2D eigenvalue weighted by molar-refractivity contribution is -0.134. The number of imidazole rings is 1. The standard InChI is InChI=1S/C26H25N5O3/c1-17-28-21-9-5-6-10-22(21)30(17)14-13-27-23(32)16-31-24(33)26(2,29-25(31)34)20-12-11-18-7-3-4-8-19(18)15-20/h3-12,15H,13-14,16H2,1-2H3,(H,27,32)(H,29,34). The highest BCUT2D eigenvalue weighted by atomic mass is 16.2. The third-order valence-corrected chi connectivity index (χ3v) is 6.41. The fourth-order valence-corrected chi connectivity index (χ4v) is 4.52. The van der Waals surface area contributed by atoms with Gasteiger partial charge in [-0.05, 0) is 48.4 Å². The molecular weight excluding hydrogens is 430 g/mol. The summed E-state index contributed by atoms with van der Waals surface area (Å²) < 4.78 is 2.03. The number of hydrogen-bond donors (Lipinski definition) is 2. The van der Waals surface area contributed by atoms with Crippen molar-refractivity contribution in [2.45, 2.75) is 25.9 Å². The number of aryl methyl sites for hydroxylation is 1. The van der Waals surface area contributed by atoms with Crippen LogP contribution in [-0.4, -0.2) is 45.4 Å². The van der Waals surface area contributed by atoms with Crippen LogP contribution in [-0.2, 0) is 21.7 Å². The third-order valence-electron chi connectivity index (χ3n) is 6.41. The van der Waals surface area contributed by atoms with Crippen LogP contribution in [0.4, 0.5) is 4.79 Å². The Kier molecular flexibility index (Phi) is 5.28. The van der Waals surface area contributed by atoms with Crippen LogP contribution >= 0.6 is 0 Å². The van der Waals surface area contributed by atoms with Gasteiger partial charge in [-0.3, -0.25) is 14.5 Å².